The first-order valence-corrected chi connectivity index (χ1v) is 7.36. The van der Waals surface area contributed by atoms with Gasteiger partial charge in [-0.25, -0.2) is 0 Å². The van der Waals surface area contributed by atoms with E-state index in [1.807, 2.05) is 36.4 Å². The molecule has 4 heteroatoms. The lowest BCUT2D eigenvalue weighted by Crippen LogP contribution is -2.03. The van der Waals surface area contributed by atoms with Gasteiger partial charge in [-0.15, -0.1) is 11.8 Å². The Kier molecular flexibility index (Phi) is 5.24. The predicted octanol–water partition coefficient (Wildman–Crippen LogP) is 5.20. The van der Waals surface area contributed by atoms with Crippen molar-refractivity contribution in [1.29, 1.82) is 0 Å². The van der Waals surface area contributed by atoms with Crippen molar-refractivity contribution < 1.29 is 0 Å². The third-order valence-corrected chi connectivity index (χ3v) is 4.10. The standard InChI is InChI=1S/C14H13Cl2NS/c15-13-7-6-12(10-14(13)16)18-9-8-17-11-4-2-1-3-5-11/h1-7,10,17H,8-9H2. The monoisotopic (exact) mass is 297 g/mol. The first-order valence-electron chi connectivity index (χ1n) is 5.62. The lowest BCUT2D eigenvalue weighted by Gasteiger charge is -2.06. The molecule has 0 aliphatic heterocycles. The maximum atomic E-state index is 5.96. The van der Waals surface area contributed by atoms with Gasteiger partial charge in [-0.3, -0.25) is 0 Å². The highest BCUT2D eigenvalue weighted by Crippen LogP contribution is 2.27. The van der Waals surface area contributed by atoms with E-state index in [2.05, 4.69) is 17.4 Å². The van der Waals surface area contributed by atoms with E-state index in [-0.39, 0.29) is 0 Å². The van der Waals surface area contributed by atoms with Crippen molar-refractivity contribution in [1.82, 2.24) is 0 Å². The molecule has 0 bridgehead atoms. The van der Waals surface area contributed by atoms with Crippen LogP contribution in [-0.4, -0.2) is 12.3 Å². The highest BCUT2D eigenvalue weighted by molar-refractivity contribution is 7.99. The van der Waals surface area contributed by atoms with Crippen LogP contribution in [0.5, 0.6) is 0 Å². The molecule has 0 saturated carbocycles. The fourth-order valence-electron chi connectivity index (χ4n) is 1.49. The van der Waals surface area contributed by atoms with Gasteiger partial charge in [-0.2, -0.15) is 0 Å². The number of hydrogen-bond acceptors (Lipinski definition) is 2. The van der Waals surface area contributed by atoms with Crippen LogP contribution in [0.1, 0.15) is 0 Å². The van der Waals surface area contributed by atoms with Gasteiger partial charge in [0.1, 0.15) is 0 Å². The molecule has 0 fully saturated rings. The first-order chi connectivity index (χ1) is 8.75. The second-order valence-electron chi connectivity index (χ2n) is 3.72. The number of benzene rings is 2. The summed E-state index contributed by atoms with van der Waals surface area (Å²) in [5.41, 5.74) is 1.15. The number of hydrogen-bond donors (Lipinski definition) is 1. The van der Waals surface area contributed by atoms with Crippen molar-refractivity contribution >= 4 is 40.7 Å². The summed E-state index contributed by atoms with van der Waals surface area (Å²) in [6, 6.07) is 15.9. The predicted molar refractivity (Wildman–Crippen MR) is 82.1 cm³/mol. The number of nitrogens with one attached hydrogen (secondary N) is 1. The van der Waals surface area contributed by atoms with Crippen molar-refractivity contribution in [2.75, 3.05) is 17.6 Å². The van der Waals surface area contributed by atoms with E-state index in [0.29, 0.717) is 10.0 Å². The third-order valence-electron chi connectivity index (χ3n) is 2.36. The smallest absolute Gasteiger partial charge is 0.0603 e. The van der Waals surface area contributed by atoms with Crippen LogP contribution in [0.25, 0.3) is 0 Å². The van der Waals surface area contributed by atoms with Gasteiger partial charge in [-0.1, -0.05) is 41.4 Å². The average Bonchev–Trinajstić information content (AvgIpc) is 2.40. The molecule has 0 unspecified atom stereocenters. The molecule has 0 aliphatic rings. The molecule has 18 heavy (non-hydrogen) atoms. The molecule has 0 radical (unpaired) electrons. The Hall–Kier alpha value is -0.830. The van der Waals surface area contributed by atoms with E-state index >= 15 is 0 Å². The first kappa shape index (κ1) is 13.6. The minimum atomic E-state index is 0.600. The van der Waals surface area contributed by atoms with Crippen LogP contribution in [0.2, 0.25) is 10.0 Å². The lowest BCUT2D eigenvalue weighted by molar-refractivity contribution is 1.22. The fraction of sp³-hybridized carbons (Fsp3) is 0.143. The summed E-state index contributed by atoms with van der Waals surface area (Å²) < 4.78 is 0. The van der Waals surface area contributed by atoms with Crippen LogP contribution in [0.3, 0.4) is 0 Å². The molecule has 0 aliphatic carbocycles. The van der Waals surface area contributed by atoms with Crippen molar-refractivity contribution in [2.45, 2.75) is 4.90 Å². The quantitative estimate of drug-likeness (QED) is 0.601. The van der Waals surface area contributed by atoms with Crippen LogP contribution in [-0.2, 0) is 0 Å². The molecule has 0 atom stereocenters. The second-order valence-corrected chi connectivity index (χ2v) is 5.70. The van der Waals surface area contributed by atoms with Crippen LogP contribution in [0.15, 0.2) is 53.4 Å². The number of rotatable bonds is 5. The van der Waals surface area contributed by atoms with Gasteiger partial charge < -0.3 is 5.32 Å². The van der Waals surface area contributed by atoms with Gasteiger partial charge in [0, 0.05) is 22.9 Å². The number of halogens is 2. The van der Waals surface area contributed by atoms with Gasteiger partial charge in [0.15, 0.2) is 0 Å². The Balaban J connectivity index is 1.77. The van der Waals surface area contributed by atoms with Crippen molar-refractivity contribution in [2.24, 2.45) is 0 Å². The lowest BCUT2D eigenvalue weighted by atomic mass is 10.3. The molecule has 0 spiro atoms. The molecular weight excluding hydrogens is 285 g/mol. The number of thioether (sulfide) groups is 1. The molecular formula is C14H13Cl2NS. The Morgan fingerprint density at radius 2 is 1.72 bits per heavy atom. The number of anilines is 1. The van der Waals surface area contributed by atoms with Crippen LogP contribution in [0, 0.1) is 0 Å². The highest BCUT2D eigenvalue weighted by atomic mass is 35.5. The molecule has 1 N–H and O–H groups in total. The summed E-state index contributed by atoms with van der Waals surface area (Å²) in [5.74, 6) is 0.979. The van der Waals surface area contributed by atoms with Gasteiger partial charge in [0.2, 0.25) is 0 Å². The van der Waals surface area contributed by atoms with E-state index in [4.69, 9.17) is 23.2 Å². The zero-order chi connectivity index (χ0) is 12.8. The normalized spacial score (nSPS) is 10.3. The van der Waals surface area contributed by atoms with Gasteiger partial charge >= 0.3 is 0 Å². The van der Waals surface area contributed by atoms with E-state index in [1.54, 1.807) is 11.8 Å². The largest absolute Gasteiger partial charge is 0.384 e. The average molecular weight is 298 g/mol. The van der Waals surface area contributed by atoms with Gasteiger partial charge in [0.25, 0.3) is 0 Å². The van der Waals surface area contributed by atoms with Crippen LogP contribution >= 0.6 is 35.0 Å². The van der Waals surface area contributed by atoms with Gasteiger partial charge in [-0.05, 0) is 30.3 Å². The van der Waals surface area contributed by atoms with Crippen molar-refractivity contribution in [3.05, 3.63) is 58.6 Å². The third kappa shape index (κ3) is 4.13. The van der Waals surface area contributed by atoms with E-state index in [9.17, 15) is 0 Å². The van der Waals surface area contributed by atoms with E-state index in [0.717, 1.165) is 22.9 Å². The molecule has 0 heterocycles. The van der Waals surface area contributed by atoms with Crippen molar-refractivity contribution in [3.8, 4) is 0 Å². The zero-order valence-electron chi connectivity index (χ0n) is 9.70. The topological polar surface area (TPSA) is 12.0 Å². The minimum absolute atomic E-state index is 0.600. The highest BCUT2D eigenvalue weighted by Gasteiger charge is 1.99. The second kappa shape index (κ2) is 6.93. The molecule has 0 amide bonds. The fourth-order valence-corrected chi connectivity index (χ4v) is 2.65. The summed E-state index contributed by atoms with van der Waals surface area (Å²) >= 11 is 13.6. The maximum absolute atomic E-state index is 5.96. The summed E-state index contributed by atoms with van der Waals surface area (Å²) in [6.07, 6.45) is 0. The van der Waals surface area contributed by atoms with E-state index in [1.165, 1.54) is 0 Å². The maximum Gasteiger partial charge on any atom is 0.0603 e. The minimum Gasteiger partial charge on any atom is -0.384 e. The zero-order valence-corrected chi connectivity index (χ0v) is 12.0. The molecule has 94 valence electrons. The summed E-state index contributed by atoms with van der Waals surface area (Å²) in [5, 5.41) is 4.57. The summed E-state index contributed by atoms with van der Waals surface area (Å²) in [4.78, 5) is 1.14. The molecule has 2 rings (SSSR count). The van der Waals surface area contributed by atoms with Crippen molar-refractivity contribution in [3.63, 3.8) is 0 Å². The summed E-state index contributed by atoms with van der Waals surface area (Å²) in [6.45, 7) is 0.912. The SMILES string of the molecule is Clc1ccc(SCCNc2ccccc2)cc1Cl. The van der Waals surface area contributed by atoms with Gasteiger partial charge in [0.05, 0.1) is 10.0 Å². The Labute approximate surface area is 121 Å². The van der Waals surface area contributed by atoms with E-state index < -0.39 is 0 Å². The Morgan fingerprint density at radius 1 is 0.944 bits per heavy atom. The molecule has 2 aromatic carbocycles. The molecule has 2 aromatic rings. The molecule has 0 saturated heterocycles. The summed E-state index contributed by atoms with van der Waals surface area (Å²) in [7, 11) is 0. The van der Waals surface area contributed by atoms with Crippen LogP contribution in [0.4, 0.5) is 5.69 Å². The Bertz CT molecular complexity index is 502. The Morgan fingerprint density at radius 3 is 2.44 bits per heavy atom. The number of para-hydroxylation sites is 1. The molecule has 1 nitrogen and oxygen atoms in total. The molecule has 0 aromatic heterocycles. The van der Waals surface area contributed by atoms with Crippen LogP contribution < -0.4 is 5.32 Å².